The lowest BCUT2D eigenvalue weighted by Crippen LogP contribution is -2.47. The molecule has 3 N–H and O–H groups in total. The predicted molar refractivity (Wildman–Crippen MR) is 121 cm³/mol. The molecule has 2 amide bonds. The van der Waals surface area contributed by atoms with Crippen LogP contribution in [0.4, 0.5) is 5.13 Å². The van der Waals surface area contributed by atoms with Crippen molar-refractivity contribution in [2.24, 2.45) is 0 Å². The number of carbonyl (C=O) groups excluding carboxylic acids is 2. The summed E-state index contributed by atoms with van der Waals surface area (Å²) in [6.45, 7) is 2.59. The number of thioether (sulfide) groups is 1. The lowest BCUT2D eigenvalue weighted by atomic mass is 10.2. The number of aromatic nitrogens is 2. The first-order valence-electron chi connectivity index (χ1n) is 9.34. The fourth-order valence-corrected chi connectivity index (χ4v) is 4.75. The van der Waals surface area contributed by atoms with Crippen LogP contribution in [-0.4, -0.2) is 76.7 Å². The Balaban J connectivity index is 1.38. The number of hydrogen-bond donors (Lipinski definition) is 3. The van der Waals surface area contributed by atoms with Crippen LogP contribution in [0.3, 0.4) is 0 Å². The number of carbonyl (C=O) groups is 2. The van der Waals surface area contributed by atoms with Crippen LogP contribution in [0.1, 0.15) is 5.56 Å². The molecule has 13 heteroatoms. The number of benzene rings is 1. The van der Waals surface area contributed by atoms with E-state index < -0.39 is 12.5 Å². The van der Waals surface area contributed by atoms with Gasteiger partial charge in [-0.05, 0) is 17.7 Å². The van der Waals surface area contributed by atoms with Crippen LogP contribution < -0.4 is 10.6 Å². The van der Waals surface area contributed by atoms with Crippen molar-refractivity contribution >= 4 is 63.2 Å². The zero-order valence-corrected chi connectivity index (χ0v) is 19.5. The molecule has 9 nitrogen and oxygen atoms in total. The summed E-state index contributed by atoms with van der Waals surface area (Å²) >= 11 is 14.4. The Kier molecular flexibility index (Phi) is 9.32. The monoisotopic (exact) mass is 505 g/mol. The van der Waals surface area contributed by atoms with Crippen LogP contribution in [0.15, 0.2) is 22.5 Å². The lowest BCUT2D eigenvalue weighted by Gasteiger charge is -2.33. The van der Waals surface area contributed by atoms with E-state index in [9.17, 15) is 9.59 Å². The third-order valence-electron chi connectivity index (χ3n) is 4.26. The number of morpholine rings is 1. The molecule has 2 aromatic rings. The van der Waals surface area contributed by atoms with Crippen molar-refractivity contribution < 1.29 is 19.4 Å². The minimum absolute atomic E-state index is 0.104. The Morgan fingerprint density at radius 2 is 2.13 bits per heavy atom. The summed E-state index contributed by atoms with van der Waals surface area (Å²) < 4.78 is 6.31. The molecule has 1 fully saturated rings. The normalized spacial score (nSPS) is 16.8. The standard InChI is InChI=1S/C18H21Cl2N5O4S2/c19-13-2-1-11(5-14(13)20)7-25-3-4-29-12(8-25)6-21-16(28)10-30-18-24-23-17(31-18)22-15(27)9-26/h1-2,5,12,26H,3-4,6-10H2,(H,21,28)(H,22,23,27)/t12-/m0/s1. The summed E-state index contributed by atoms with van der Waals surface area (Å²) in [6.07, 6.45) is -0.104. The summed E-state index contributed by atoms with van der Waals surface area (Å²) in [5.74, 6) is -0.542. The highest BCUT2D eigenvalue weighted by atomic mass is 35.5. The Morgan fingerprint density at radius 3 is 2.90 bits per heavy atom. The van der Waals surface area contributed by atoms with Gasteiger partial charge in [-0.2, -0.15) is 0 Å². The van der Waals surface area contributed by atoms with E-state index in [0.717, 1.165) is 30.0 Å². The lowest BCUT2D eigenvalue weighted by molar-refractivity contribution is -0.120. The van der Waals surface area contributed by atoms with Crippen molar-refractivity contribution in [3.8, 4) is 0 Å². The third-order valence-corrected chi connectivity index (χ3v) is 6.97. The Hall–Kier alpha value is -1.47. The molecule has 0 spiro atoms. The fraction of sp³-hybridized carbons (Fsp3) is 0.444. The second-order valence-electron chi connectivity index (χ2n) is 6.65. The van der Waals surface area contributed by atoms with E-state index in [4.69, 9.17) is 33.0 Å². The topological polar surface area (TPSA) is 117 Å². The van der Waals surface area contributed by atoms with Crippen molar-refractivity contribution in [2.45, 2.75) is 17.0 Å². The molecular weight excluding hydrogens is 485 g/mol. The molecule has 0 aliphatic carbocycles. The van der Waals surface area contributed by atoms with Crippen molar-refractivity contribution in [3.05, 3.63) is 33.8 Å². The summed E-state index contributed by atoms with van der Waals surface area (Å²) in [4.78, 5) is 25.5. The molecule has 0 radical (unpaired) electrons. The number of aliphatic hydroxyl groups excluding tert-OH is 1. The number of rotatable bonds is 9. The molecule has 31 heavy (non-hydrogen) atoms. The molecular formula is C18H21Cl2N5O4S2. The Bertz CT molecular complexity index is 917. The maximum atomic E-state index is 12.2. The second kappa shape index (κ2) is 12.0. The maximum Gasteiger partial charge on any atom is 0.251 e. The molecule has 1 aliphatic rings. The SMILES string of the molecule is O=C(CSc1nnc(NC(=O)CO)s1)NC[C@H]1CN(Cc2ccc(Cl)c(Cl)c2)CCO1. The largest absolute Gasteiger partial charge is 0.387 e. The number of nitrogens with zero attached hydrogens (tertiary/aromatic N) is 3. The van der Waals surface area contributed by atoms with Gasteiger partial charge in [0, 0.05) is 26.2 Å². The van der Waals surface area contributed by atoms with Gasteiger partial charge in [0.15, 0.2) is 4.34 Å². The smallest absolute Gasteiger partial charge is 0.251 e. The van der Waals surface area contributed by atoms with E-state index in [1.165, 1.54) is 11.8 Å². The summed E-state index contributed by atoms with van der Waals surface area (Å²) in [7, 11) is 0. The quantitative estimate of drug-likeness (QED) is 0.349. The first kappa shape index (κ1) is 24.2. The van der Waals surface area contributed by atoms with E-state index in [1.807, 2.05) is 12.1 Å². The molecule has 1 atom stereocenters. The van der Waals surface area contributed by atoms with E-state index >= 15 is 0 Å². The molecule has 168 valence electrons. The summed E-state index contributed by atoms with van der Waals surface area (Å²) in [5.41, 5.74) is 1.07. The van der Waals surface area contributed by atoms with Gasteiger partial charge in [0.2, 0.25) is 11.0 Å². The van der Waals surface area contributed by atoms with Gasteiger partial charge in [0.05, 0.1) is 28.5 Å². The van der Waals surface area contributed by atoms with Crippen molar-refractivity contribution in [1.82, 2.24) is 20.4 Å². The number of halogens is 2. The fourth-order valence-electron chi connectivity index (χ4n) is 2.83. The highest BCUT2D eigenvalue weighted by molar-refractivity contribution is 8.01. The molecule has 0 bridgehead atoms. The predicted octanol–water partition coefficient (Wildman–Crippen LogP) is 1.89. The van der Waals surface area contributed by atoms with Crippen LogP contribution in [0.25, 0.3) is 0 Å². The number of aliphatic hydroxyl groups is 1. The molecule has 1 aromatic heterocycles. The molecule has 1 saturated heterocycles. The van der Waals surface area contributed by atoms with Gasteiger partial charge in [-0.1, -0.05) is 52.4 Å². The van der Waals surface area contributed by atoms with E-state index in [0.29, 0.717) is 34.1 Å². The summed E-state index contributed by atoms with van der Waals surface area (Å²) in [6, 6.07) is 5.60. The van der Waals surface area contributed by atoms with Crippen molar-refractivity contribution in [2.75, 3.05) is 43.9 Å². The molecule has 0 saturated carbocycles. The minimum atomic E-state index is -0.626. The number of nitrogens with one attached hydrogen (secondary N) is 2. The van der Waals surface area contributed by atoms with Gasteiger partial charge < -0.3 is 15.2 Å². The first-order chi connectivity index (χ1) is 14.9. The molecule has 2 heterocycles. The number of amides is 2. The average molecular weight is 506 g/mol. The first-order valence-corrected chi connectivity index (χ1v) is 11.9. The highest BCUT2D eigenvalue weighted by Crippen LogP contribution is 2.25. The molecule has 0 unspecified atom stereocenters. The van der Waals surface area contributed by atoms with Crippen molar-refractivity contribution in [1.29, 1.82) is 0 Å². The van der Waals surface area contributed by atoms with Gasteiger partial charge in [-0.25, -0.2) is 0 Å². The zero-order valence-electron chi connectivity index (χ0n) is 16.3. The summed E-state index contributed by atoms with van der Waals surface area (Å²) in [5, 5.41) is 23.0. The highest BCUT2D eigenvalue weighted by Gasteiger charge is 2.21. The van der Waals surface area contributed by atoms with Gasteiger partial charge in [0.1, 0.15) is 6.61 Å². The molecule has 3 rings (SSSR count). The maximum absolute atomic E-state index is 12.2. The van der Waals surface area contributed by atoms with Gasteiger partial charge >= 0.3 is 0 Å². The number of hydrogen-bond acceptors (Lipinski definition) is 9. The van der Waals surface area contributed by atoms with Crippen LogP contribution in [0.2, 0.25) is 10.0 Å². The van der Waals surface area contributed by atoms with E-state index in [-0.39, 0.29) is 22.9 Å². The molecule has 1 aliphatic heterocycles. The zero-order chi connectivity index (χ0) is 22.2. The molecule has 1 aromatic carbocycles. The van der Waals surface area contributed by atoms with E-state index in [2.05, 4.69) is 25.7 Å². The van der Waals surface area contributed by atoms with Crippen LogP contribution in [-0.2, 0) is 20.9 Å². The van der Waals surface area contributed by atoms with Crippen LogP contribution in [0, 0.1) is 0 Å². The number of ether oxygens (including phenoxy) is 1. The van der Waals surface area contributed by atoms with E-state index in [1.54, 1.807) is 6.07 Å². The number of anilines is 1. The third kappa shape index (κ3) is 7.86. The van der Waals surface area contributed by atoms with Gasteiger partial charge in [-0.3, -0.25) is 19.8 Å². The van der Waals surface area contributed by atoms with Crippen LogP contribution >= 0.6 is 46.3 Å². The minimum Gasteiger partial charge on any atom is -0.387 e. The van der Waals surface area contributed by atoms with Crippen LogP contribution in [0.5, 0.6) is 0 Å². The van der Waals surface area contributed by atoms with Crippen molar-refractivity contribution in [3.63, 3.8) is 0 Å². The van der Waals surface area contributed by atoms with Gasteiger partial charge in [-0.15, -0.1) is 10.2 Å². The Labute approximate surface area is 197 Å². The Morgan fingerprint density at radius 1 is 1.29 bits per heavy atom. The van der Waals surface area contributed by atoms with Gasteiger partial charge in [0.25, 0.3) is 5.91 Å². The second-order valence-corrected chi connectivity index (χ2v) is 9.66. The average Bonchev–Trinajstić information content (AvgIpc) is 3.21.